The Morgan fingerprint density at radius 3 is 2.23 bits per heavy atom. The molecule has 0 aromatic heterocycles. The minimum atomic E-state index is -0.382. The molecule has 30 heavy (non-hydrogen) atoms. The number of hydrogen-bond acceptors (Lipinski definition) is 4. The van der Waals surface area contributed by atoms with Crippen LogP contribution < -0.4 is 15.4 Å². The molecular weight excluding hydrogens is 385 g/mol. The molecule has 3 rings (SSSR count). The zero-order chi connectivity index (χ0) is 21.3. The first kappa shape index (κ1) is 21.2. The van der Waals surface area contributed by atoms with Crippen molar-refractivity contribution < 1.29 is 18.7 Å². The quantitative estimate of drug-likeness (QED) is 0.628. The summed E-state index contributed by atoms with van der Waals surface area (Å²) in [6, 6.07) is 12.9. The van der Waals surface area contributed by atoms with Crippen LogP contribution in [0.3, 0.4) is 0 Å². The average Bonchev–Trinajstić information content (AvgIpc) is 2.75. The fraction of sp³-hybridized carbons (Fsp3) is 0.261. The monoisotopic (exact) mass is 409 g/mol. The van der Waals surface area contributed by atoms with Crippen LogP contribution in [0.1, 0.15) is 32.1 Å². The molecule has 1 aliphatic heterocycles. The van der Waals surface area contributed by atoms with Gasteiger partial charge in [-0.05, 0) is 67.4 Å². The number of halogens is 1. The number of carbonyl (C=O) groups is 2. The Morgan fingerprint density at radius 1 is 1.00 bits per heavy atom. The summed E-state index contributed by atoms with van der Waals surface area (Å²) in [6.07, 6.45) is 5.87. The lowest BCUT2D eigenvalue weighted by atomic mass is 10.1. The highest BCUT2D eigenvalue weighted by molar-refractivity contribution is 6.00. The zero-order valence-electron chi connectivity index (χ0n) is 16.6. The molecule has 0 fully saturated rings. The van der Waals surface area contributed by atoms with Crippen molar-refractivity contribution in [1.82, 2.24) is 0 Å². The maximum Gasteiger partial charge on any atom is 0.231 e. The average molecular weight is 409 g/mol. The largest absolute Gasteiger partial charge is 0.462 e. The third kappa shape index (κ3) is 6.01. The number of amides is 2. The molecule has 0 bridgehead atoms. The van der Waals surface area contributed by atoms with Crippen LogP contribution in [-0.2, 0) is 9.59 Å². The standard InChI is InChI=1S/C23H24FN3O3/c24-17-5-7-18(8-6-17)27(23(29)4-2-1-3-22(25)28)19-9-11-20(12-10-19)30-21-13-15-26-16-14-21/h5-13,15H,1-4,14,16H2,(H2,25,28). The molecule has 2 N–H and O–H groups in total. The lowest BCUT2D eigenvalue weighted by Gasteiger charge is -2.23. The van der Waals surface area contributed by atoms with E-state index in [1.165, 1.54) is 12.1 Å². The Bertz CT molecular complexity index is 937. The second kappa shape index (κ2) is 10.3. The van der Waals surface area contributed by atoms with Gasteiger partial charge in [-0.1, -0.05) is 0 Å². The predicted molar refractivity (Wildman–Crippen MR) is 114 cm³/mol. The molecule has 6 nitrogen and oxygen atoms in total. The van der Waals surface area contributed by atoms with E-state index in [0.717, 1.165) is 12.2 Å². The molecule has 0 saturated carbocycles. The van der Waals surface area contributed by atoms with Gasteiger partial charge < -0.3 is 10.5 Å². The van der Waals surface area contributed by atoms with Crippen molar-refractivity contribution in [2.45, 2.75) is 32.1 Å². The van der Waals surface area contributed by atoms with E-state index in [0.29, 0.717) is 36.5 Å². The number of ether oxygens (including phenoxy) is 1. The number of nitrogens with two attached hydrogens (primary N) is 1. The van der Waals surface area contributed by atoms with Crippen LogP contribution in [-0.4, -0.2) is 24.6 Å². The lowest BCUT2D eigenvalue weighted by Crippen LogP contribution is -2.25. The van der Waals surface area contributed by atoms with Gasteiger partial charge in [0, 0.05) is 43.4 Å². The van der Waals surface area contributed by atoms with Gasteiger partial charge in [0.2, 0.25) is 11.8 Å². The first-order valence-corrected chi connectivity index (χ1v) is 9.86. The highest BCUT2D eigenvalue weighted by atomic mass is 19.1. The molecule has 2 aromatic carbocycles. The number of anilines is 2. The Morgan fingerprint density at radius 2 is 1.63 bits per heavy atom. The van der Waals surface area contributed by atoms with Crippen LogP contribution in [0.4, 0.5) is 15.8 Å². The topological polar surface area (TPSA) is 85.0 Å². The Balaban J connectivity index is 1.76. The number of nitrogens with zero attached hydrogens (tertiary/aromatic N) is 2. The van der Waals surface area contributed by atoms with Gasteiger partial charge >= 0.3 is 0 Å². The third-order valence-corrected chi connectivity index (χ3v) is 4.60. The highest BCUT2D eigenvalue weighted by Crippen LogP contribution is 2.29. The summed E-state index contributed by atoms with van der Waals surface area (Å²) in [5.41, 5.74) is 6.37. The van der Waals surface area contributed by atoms with Gasteiger partial charge in [0.25, 0.3) is 0 Å². The van der Waals surface area contributed by atoms with E-state index in [4.69, 9.17) is 10.5 Å². The van der Waals surface area contributed by atoms with E-state index in [-0.39, 0.29) is 30.5 Å². The molecule has 0 aliphatic carbocycles. The second-order valence-corrected chi connectivity index (χ2v) is 6.91. The van der Waals surface area contributed by atoms with Crippen LogP contribution >= 0.6 is 0 Å². The predicted octanol–water partition coefficient (Wildman–Crippen LogP) is 4.27. The number of aliphatic imine (C=N–C) groups is 1. The molecule has 1 heterocycles. The number of rotatable bonds is 9. The molecule has 156 valence electrons. The van der Waals surface area contributed by atoms with Crippen LogP contribution in [0.2, 0.25) is 0 Å². The third-order valence-electron chi connectivity index (χ3n) is 4.60. The first-order valence-electron chi connectivity index (χ1n) is 9.86. The fourth-order valence-corrected chi connectivity index (χ4v) is 3.08. The minimum Gasteiger partial charge on any atom is -0.462 e. The molecular formula is C23H24FN3O3. The Kier molecular flexibility index (Phi) is 7.32. The molecule has 7 heteroatoms. The van der Waals surface area contributed by atoms with Crippen molar-refractivity contribution in [3.05, 3.63) is 66.2 Å². The number of unbranched alkanes of at least 4 members (excludes halogenated alkanes) is 1. The van der Waals surface area contributed by atoms with E-state index in [1.54, 1.807) is 47.5 Å². The molecule has 0 unspecified atom stereocenters. The van der Waals surface area contributed by atoms with Gasteiger partial charge in [-0.15, -0.1) is 0 Å². The van der Waals surface area contributed by atoms with Gasteiger partial charge in [0.1, 0.15) is 17.3 Å². The summed E-state index contributed by atoms with van der Waals surface area (Å²) in [4.78, 5) is 29.5. The molecule has 0 radical (unpaired) electrons. The van der Waals surface area contributed by atoms with Crippen LogP contribution in [0, 0.1) is 5.82 Å². The van der Waals surface area contributed by atoms with E-state index < -0.39 is 0 Å². The van der Waals surface area contributed by atoms with Crippen molar-refractivity contribution >= 4 is 29.4 Å². The molecule has 0 atom stereocenters. The van der Waals surface area contributed by atoms with Gasteiger partial charge in [-0.3, -0.25) is 19.5 Å². The smallest absolute Gasteiger partial charge is 0.231 e. The fourth-order valence-electron chi connectivity index (χ4n) is 3.08. The number of primary amides is 1. The van der Waals surface area contributed by atoms with E-state index >= 15 is 0 Å². The molecule has 0 saturated heterocycles. The van der Waals surface area contributed by atoms with Gasteiger partial charge in [-0.25, -0.2) is 4.39 Å². The zero-order valence-corrected chi connectivity index (χ0v) is 16.6. The summed E-state index contributed by atoms with van der Waals surface area (Å²) in [6.45, 7) is 0.701. The summed E-state index contributed by atoms with van der Waals surface area (Å²) >= 11 is 0. The SMILES string of the molecule is NC(=O)CCCCC(=O)N(c1ccc(F)cc1)c1ccc(OC2=CC=NCC2)cc1. The van der Waals surface area contributed by atoms with Gasteiger partial charge in [0.05, 0.1) is 0 Å². The molecule has 2 aromatic rings. The number of carbonyl (C=O) groups excluding carboxylic acids is 2. The number of allylic oxidation sites excluding steroid dienone is 1. The molecule has 0 spiro atoms. The highest BCUT2D eigenvalue weighted by Gasteiger charge is 2.18. The summed E-state index contributed by atoms with van der Waals surface area (Å²) in [5.74, 6) is 0.589. The van der Waals surface area contributed by atoms with Gasteiger partial charge in [0.15, 0.2) is 0 Å². The van der Waals surface area contributed by atoms with Gasteiger partial charge in [-0.2, -0.15) is 0 Å². The lowest BCUT2D eigenvalue weighted by molar-refractivity contribution is -0.119. The van der Waals surface area contributed by atoms with Crippen LogP contribution in [0.15, 0.2) is 65.4 Å². The maximum atomic E-state index is 13.4. The minimum absolute atomic E-state index is 0.147. The normalized spacial score (nSPS) is 12.9. The summed E-state index contributed by atoms with van der Waals surface area (Å²) in [7, 11) is 0. The van der Waals surface area contributed by atoms with Crippen molar-refractivity contribution in [2.24, 2.45) is 10.7 Å². The van der Waals surface area contributed by atoms with Crippen molar-refractivity contribution in [3.8, 4) is 5.75 Å². The van der Waals surface area contributed by atoms with E-state index in [2.05, 4.69) is 4.99 Å². The summed E-state index contributed by atoms with van der Waals surface area (Å²) < 4.78 is 19.2. The van der Waals surface area contributed by atoms with E-state index in [9.17, 15) is 14.0 Å². The number of benzene rings is 2. The molecule has 1 aliphatic rings. The first-order chi connectivity index (χ1) is 14.5. The number of hydrogen-bond donors (Lipinski definition) is 1. The van der Waals surface area contributed by atoms with Crippen molar-refractivity contribution in [1.29, 1.82) is 0 Å². The van der Waals surface area contributed by atoms with Crippen molar-refractivity contribution in [2.75, 3.05) is 11.4 Å². The Labute approximate surface area is 174 Å². The molecule has 2 amide bonds. The summed E-state index contributed by atoms with van der Waals surface area (Å²) in [5, 5.41) is 0. The van der Waals surface area contributed by atoms with Crippen LogP contribution in [0.25, 0.3) is 0 Å². The van der Waals surface area contributed by atoms with Crippen molar-refractivity contribution in [3.63, 3.8) is 0 Å². The Hall–Kier alpha value is -3.48. The number of dihydropyridines is 1. The van der Waals surface area contributed by atoms with Crippen LogP contribution in [0.5, 0.6) is 5.75 Å². The maximum absolute atomic E-state index is 13.4. The van der Waals surface area contributed by atoms with E-state index in [1.807, 2.05) is 6.08 Å². The second-order valence-electron chi connectivity index (χ2n) is 6.91.